The molecule has 1 heterocycles. The van der Waals surface area contributed by atoms with Crippen molar-refractivity contribution in [3.8, 4) is 11.4 Å². The first kappa shape index (κ1) is 16.1. The van der Waals surface area contributed by atoms with Crippen LogP contribution in [0.3, 0.4) is 0 Å². The third-order valence-electron chi connectivity index (χ3n) is 2.98. The van der Waals surface area contributed by atoms with E-state index in [-0.39, 0.29) is 18.1 Å². The maximum absolute atomic E-state index is 12.9. The van der Waals surface area contributed by atoms with Gasteiger partial charge in [0, 0.05) is 38.7 Å². The molecule has 1 aromatic heterocycles. The fraction of sp³-hybridized carbons (Fsp3) is 0.400. The molecule has 6 nitrogen and oxygen atoms in total. The van der Waals surface area contributed by atoms with Crippen LogP contribution in [-0.2, 0) is 16.0 Å². The van der Waals surface area contributed by atoms with E-state index in [1.54, 1.807) is 19.2 Å². The minimum atomic E-state index is -0.322. The van der Waals surface area contributed by atoms with Crippen molar-refractivity contribution in [2.45, 2.75) is 19.3 Å². The average molecular weight is 307 g/mol. The van der Waals surface area contributed by atoms with Crippen LogP contribution in [0.15, 0.2) is 28.8 Å². The summed E-state index contributed by atoms with van der Waals surface area (Å²) in [6.07, 6.45) is 1.42. The number of ether oxygens (including phenoxy) is 1. The standard InChI is InChI=1S/C15H18FN3O3/c1-21-10-2-9-17-13(20)7-8-14-18-15(19-22-14)11-3-5-12(16)6-4-11/h3-6H,2,7-10H2,1H3,(H,17,20). The van der Waals surface area contributed by atoms with E-state index in [1.807, 2.05) is 0 Å². The molecule has 1 amide bonds. The molecule has 0 fully saturated rings. The van der Waals surface area contributed by atoms with E-state index in [0.29, 0.717) is 36.9 Å². The van der Waals surface area contributed by atoms with Gasteiger partial charge in [0.15, 0.2) is 0 Å². The Morgan fingerprint density at radius 2 is 2.14 bits per heavy atom. The highest BCUT2D eigenvalue weighted by molar-refractivity contribution is 5.75. The second-order valence-electron chi connectivity index (χ2n) is 4.71. The predicted octanol–water partition coefficient (Wildman–Crippen LogP) is 1.96. The molecule has 2 rings (SSSR count). The molecule has 0 radical (unpaired) electrons. The average Bonchev–Trinajstić information content (AvgIpc) is 2.99. The lowest BCUT2D eigenvalue weighted by molar-refractivity contribution is -0.121. The molecule has 0 aliphatic carbocycles. The summed E-state index contributed by atoms with van der Waals surface area (Å²) in [5.41, 5.74) is 0.667. The number of rotatable bonds is 8. The zero-order chi connectivity index (χ0) is 15.8. The molecule has 22 heavy (non-hydrogen) atoms. The quantitative estimate of drug-likeness (QED) is 0.754. The molecule has 0 aliphatic rings. The Kier molecular flexibility index (Phi) is 6.02. The number of benzene rings is 1. The van der Waals surface area contributed by atoms with Crippen LogP contribution in [0, 0.1) is 5.82 Å². The molecule has 2 aromatic rings. The van der Waals surface area contributed by atoms with E-state index < -0.39 is 0 Å². The van der Waals surface area contributed by atoms with Crippen LogP contribution in [0.25, 0.3) is 11.4 Å². The van der Waals surface area contributed by atoms with Gasteiger partial charge in [-0.05, 0) is 30.7 Å². The van der Waals surface area contributed by atoms with E-state index in [2.05, 4.69) is 15.5 Å². The number of halogens is 1. The van der Waals surface area contributed by atoms with Gasteiger partial charge in [-0.25, -0.2) is 4.39 Å². The van der Waals surface area contributed by atoms with Crippen molar-refractivity contribution in [3.63, 3.8) is 0 Å². The molecule has 1 aromatic carbocycles. The second-order valence-corrected chi connectivity index (χ2v) is 4.71. The van der Waals surface area contributed by atoms with Crippen molar-refractivity contribution in [2.75, 3.05) is 20.3 Å². The van der Waals surface area contributed by atoms with Crippen molar-refractivity contribution in [1.29, 1.82) is 0 Å². The summed E-state index contributed by atoms with van der Waals surface area (Å²) in [5, 5.41) is 6.61. The molecule has 118 valence electrons. The first-order valence-electron chi connectivity index (χ1n) is 7.03. The van der Waals surface area contributed by atoms with Gasteiger partial charge in [0.25, 0.3) is 0 Å². The molecule has 0 bridgehead atoms. The number of aromatic nitrogens is 2. The highest BCUT2D eigenvalue weighted by Gasteiger charge is 2.10. The van der Waals surface area contributed by atoms with Crippen LogP contribution in [0.1, 0.15) is 18.7 Å². The first-order valence-corrected chi connectivity index (χ1v) is 7.03. The largest absolute Gasteiger partial charge is 0.385 e. The summed E-state index contributed by atoms with van der Waals surface area (Å²) in [6.45, 7) is 1.20. The summed E-state index contributed by atoms with van der Waals surface area (Å²) in [7, 11) is 1.62. The van der Waals surface area contributed by atoms with E-state index in [1.165, 1.54) is 12.1 Å². The van der Waals surface area contributed by atoms with Gasteiger partial charge in [-0.3, -0.25) is 4.79 Å². The number of aryl methyl sites for hydroxylation is 1. The number of nitrogens with zero attached hydrogens (tertiary/aromatic N) is 2. The number of carbonyl (C=O) groups is 1. The molecule has 1 N–H and O–H groups in total. The Bertz CT molecular complexity index is 598. The Morgan fingerprint density at radius 1 is 1.36 bits per heavy atom. The third-order valence-corrected chi connectivity index (χ3v) is 2.98. The fourth-order valence-electron chi connectivity index (χ4n) is 1.83. The smallest absolute Gasteiger partial charge is 0.227 e. The molecular weight excluding hydrogens is 289 g/mol. The summed E-state index contributed by atoms with van der Waals surface area (Å²) in [5.74, 6) is 0.372. The summed E-state index contributed by atoms with van der Waals surface area (Å²) >= 11 is 0. The van der Waals surface area contributed by atoms with E-state index in [4.69, 9.17) is 9.26 Å². The number of hydrogen-bond acceptors (Lipinski definition) is 5. The highest BCUT2D eigenvalue weighted by atomic mass is 19.1. The number of methoxy groups -OCH3 is 1. The maximum Gasteiger partial charge on any atom is 0.227 e. The lowest BCUT2D eigenvalue weighted by Crippen LogP contribution is -2.25. The van der Waals surface area contributed by atoms with Crippen molar-refractivity contribution < 1.29 is 18.4 Å². The first-order chi connectivity index (χ1) is 10.7. The van der Waals surface area contributed by atoms with Gasteiger partial charge in [0.2, 0.25) is 17.6 Å². The third kappa shape index (κ3) is 4.92. The number of hydrogen-bond donors (Lipinski definition) is 1. The van der Waals surface area contributed by atoms with Gasteiger partial charge >= 0.3 is 0 Å². The van der Waals surface area contributed by atoms with Gasteiger partial charge in [-0.1, -0.05) is 5.16 Å². The topological polar surface area (TPSA) is 77.2 Å². The monoisotopic (exact) mass is 307 g/mol. The van der Waals surface area contributed by atoms with Gasteiger partial charge in [0.1, 0.15) is 5.82 Å². The number of carbonyl (C=O) groups excluding carboxylic acids is 1. The Labute approximate surface area is 127 Å². The van der Waals surface area contributed by atoms with Crippen molar-refractivity contribution >= 4 is 5.91 Å². The minimum Gasteiger partial charge on any atom is -0.385 e. The highest BCUT2D eigenvalue weighted by Crippen LogP contribution is 2.16. The molecule has 0 atom stereocenters. The molecule has 0 unspecified atom stereocenters. The summed E-state index contributed by atoms with van der Waals surface area (Å²) in [4.78, 5) is 15.8. The molecular formula is C15H18FN3O3. The zero-order valence-corrected chi connectivity index (χ0v) is 12.3. The normalized spacial score (nSPS) is 10.6. The van der Waals surface area contributed by atoms with Crippen LogP contribution in [0.2, 0.25) is 0 Å². The molecule has 7 heteroatoms. The van der Waals surface area contributed by atoms with Crippen molar-refractivity contribution in [3.05, 3.63) is 36.0 Å². The predicted molar refractivity (Wildman–Crippen MR) is 77.5 cm³/mol. The Balaban J connectivity index is 1.79. The SMILES string of the molecule is COCCCNC(=O)CCc1nc(-c2ccc(F)cc2)no1. The minimum absolute atomic E-state index is 0.0716. The van der Waals surface area contributed by atoms with Crippen LogP contribution < -0.4 is 5.32 Å². The summed E-state index contributed by atoms with van der Waals surface area (Å²) in [6, 6.07) is 5.82. The van der Waals surface area contributed by atoms with Crippen molar-refractivity contribution in [2.24, 2.45) is 0 Å². The second kappa shape index (κ2) is 8.23. The van der Waals surface area contributed by atoms with Gasteiger partial charge in [-0.15, -0.1) is 0 Å². The van der Waals surface area contributed by atoms with Crippen LogP contribution in [-0.4, -0.2) is 36.3 Å². The maximum atomic E-state index is 12.9. The van der Waals surface area contributed by atoms with Crippen LogP contribution >= 0.6 is 0 Å². The molecule has 0 saturated heterocycles. The molecule has 0 spiro atoms. The van der Waals surface area contributed by atoms with Gasteiger partial charge in [0.05, 0.1) is 0 Å². The number of amides is 1. The van der Waals surface area contributed by atoms with Crippen LogP contribution in [0.5, 0.6) is 0 Å². The Hall–Kier alpha value is -2.28. The zero-order valence-electron chi connectivity index (χ0n) is 12.3. The lowest BCUT2D eigenvalue weighted by atomic mass is 10.2. The van der Waals surface area contributed by atoms with Crippen molar-refractivity contribution in [1.82, 2.24) is 15.5 Å². The Morgan fingerprint density at radius 3 is 2.86 bits per heavy atom. The molecule has 0 aliphatic heterocycles. The lowest BCUT2D eigenvalue weighted by Gasteiger charge is -2.02. The van der Waals surface area contributed by atoms with E-state index >= 15 is 0 Å². The fourth-order valence-corrected chi connectivity index (χ4v) is 1.83. The van der Waals surface area contributed by atoms with Gasteiger partial charge < -0.3 is 14.6 Å². The van der Waals surface area contributed by atoms with E-state index in [9.17, 15) is 9.18 Å². The molecule has 0 saturated carbocycles. The van der Waals surface area contributed by atoms with E-state index in [0.717, 1.165) is 6.42 Å². The number of nitrogens with one attached hydrogen (secondary N) is 1. The van der Waals surface area contributed by atoms with Gasteiger partial charge in [-0.2, -0.15) is 4.98 Å². The summed E-state index contributed by atoms with van der Waals surface area (Å²) < 4.78 is 22.8. The van der Waals surface area contributed by atoms with Crippen LogP contribution in [0.4, 0.5) is 4.39 Å².